The van der Waals surface area contributed by atoms with Crippen molar-refractivity contribution < 1.29 is 9.31 Å². The molecule has 2 aromatic heterocycles. The summed E-state index contributed by atoms with van der Waals surface area (Å²) >= 11 is 3.28. The molecule has 1 saturated heterocycles. The van der Waals surface area contributed by atoms with Crippen LogP contribution in [0, 0.1) is 0 Å². The normalized spacial score (nSPS) is 20.9. The van der Waals surface area contributed by atoms with Gasteiger partial charge in [-0.05, 0) is 39.1 Å². The molecule has 19 heavy (non-hydrogen) atoms. The highest BCUT2D eigenvalue weighted by Gasteiger charge is 2.53. The number of rotatable bonds is 2. The van der Waals surface area contributed by atoms with Crippen molar-refractivity contribution in [2.75, 3.05) is 0 Å². The van der Waals surface area contributed by atoms with Crippen molar-refractivity contribution in [2.45, 2.75) is 38.9 Å². The van der Waals surface area contributed by atoms with Gasteiger partial charge in [-0.15, -0.1) is 22.7 Å². The molecule has 0 radical (unpaired) electrons. The van der Waals surface area contributed by atoms with E-state index in [-0.39, 0.29) is 18.3 Å². The van der Waals surface area contributed by atoms with Crippen LogP contribution in [0.25, 0.3) is 10.6 Å². The highest BCUT2D eigenvalue weighted by molar-refractivity contribution is 7.22. The molecule has 1 aliphatic heterocycles. The van der Waals surface area contributed by atoms with Crippen molar-refractivity contribution in [1.82, 2.24) is 4.98 Å². The fourth-order valence-corrected chi connectivity index (χ4v) is 3.52. The second kappa shape index (κ2) is 4.41. The maximum absolute atomic E-state index is 6.10. The summed E-state index contributed by atoms with van der Waals surface area (Å²) in [5, 5.41) is 2.06. The van der Waals surface area contributed by atoms with Crippen LogP contribution >= 0.6 is 22.7 Å². The summed E-state index contributed by atoms with van der Waals surface area (Å²) in [7, 11) is -0.324. The van der Waals surface area contributed by atoms with Crippen LogP contribution in [0.3, 0.4) is 0 Å². The van der Waals surface area contributed by atoms with Crippen LogP contribution in [0.5, 0.6) is 0 Å². The van der Waals surface area contributed by atoms with E-state index >= 15 is 0 Å². The monoisotopic (exact) mass is 293 g/mol. The minimum Gasteiger partial charge on any atom is -0.399 e. The third-order valence-electron chi connectivity index (χ3n) is 3.82. The largest absolute Gasteiger partial charge is 0.507 e. The zero-order valence-corrected chi connectivity index (χ0v) is 13.1. The van der Waals surface area contributed by atoms with Gasteiger partial charge >= 0.3 is 7.12 Å². The van der Waals surface area contributed by atoms with E-state index in [0.29, 0.717) is 0 Å². The Morgan fingerprint density at radius 1 is 1.11 bits per heavy atom. The van der Waals surface area contributed by atoms with Crippen LogP contribution in [0.4, 0.5) is 0 Å². The quantitative estimate of drug-likeness (QED) is 0.797. The molecular weight excluding hydrogens is 277 g/mol. The van der Waals surface area contributed by atoms with E-state index in [4.69, 9.17) is 9.31 Å². The molecule has 0 N–H and O–H groups in total. The van der Waals surface area contributed by atoms with E-state index in [1.807, 2.05) is 11.6 Å². The fraction of sp³-hybridized carbons (Fsp3) is 0.462. The van der Waals surface area contributed by atoms with E-state index < -0.39 is 0 Å². The van der Waals surface area contributed by atoms with E-state index in [1.165, 1.54) is 0 Å². The summed E-state index contributed by atoms with van der Waals surface area (Å²) in [6.07, 6.45) is 0. The first-order chi connectivity index (χ1) is 8.91. The molecule has 2 aromatic rings. The molecule has 1 fully saturated rings. The summed E-state index contributed by atoms with van der Waals surface area (Å²) in [6.45, 7) is 8.27. The first-order valence-corrected chi connectivity index (χ1v) is 7.99. The minimum absolute atomic E-state index is 0.311. The van der Waals surface area contributed by atoms with Gasteiger partial charge in [0.25, 0.3) is 0 Å². The summed E-state index contributed by atoms with van der Waals surface area (Å²) < 4.78 is 13.3. The van der Waals surface area contributed by atoms with E-state index in [9.17, 15) is 0 Å². The molecule has 3 nitrogen and oxygen atoms in total. The lowest BCUT2D eigenvalue weighted by molar-refractivity contribution is 0.00578. The Labute approximate surface area is 121 Å². The Bertz CT molecular complexity index is 561. The van der Waals surface area contributed by atoms with E-state index in [1.54, 1.807) is 22.7 Å². The molecule has 0 unspecified atom stereocenters. The number of hydrogen-bond acceptors (Lipinski definition) is 5. The van der Waals surface area contributed by atoms with Crippen LogP contribution in [-0.4, -0.2) is 23.3 Å². The van der Waals surface area contributed by atoms with Gasteiger partial charge in [0.05, 0.1) is 32.1 Å². The Balaban J connectivity index is 1.96. The lowest BCUT2D eigenvalue weighted by Gasteiger charge is -2.32. The average Bonchev–Trinajstić information content (AvgIpc) is 3.00. The maximum atomic E-state index is 6.10. The van der Waals surface area contributed by atoms with Crippen LogP contribution < -0.4 is 4.78 Å². The number of nitrogens with zero attached hydrogens (tertiary/aromatic N) is 1. The lowest BCUT2D eigenvalue weighted by atomic mass is 9.86. The van der Waals surface area contributed by atoms with Crippen LogP contribution in [0.2, 0.25) is 0 Å². The number of thiazole rings is 1. The van der Waals surface area contributed by atoms with Gasteiger partial charge in [0.1, 0.15) is 0 Å². The molecule has 0 saturated carbocycles. The molecule has 0 bridgehead atoms. The molecule has 0 aromatic carbocycles. The van der Waals surface area contributed by atoms with E-state index in [0.717, 1.165) is 15.3 Å². The van der Waals surface area contributed by atoms with Gasteiger partial charge in [-0.2, -0.15) is 0 Å². The molecule has 0 aliphatic carbocycles. The Morgan fingerprint density at radius 2 is 1.79 bits per heavy atom. The molecule has 3 heterocycles. The highest BCUT2D eigenvalue weighted by Crippen LogP contribution is 2.37. The smallest absolute Gasteiger partial charge is 0.399 e. The first kappa shape index (κ1) is 13.3. The second-order valence-electron chi connectivity index (χ2n) is 5.63. The number of aromatic nitrogens is 1. The van der Waals surface area contributed by atoms with Crippen LogP contribution in [0.15, 0.2) is 23.0 Å². The zero-order chi connectivity index (χ0) is 13.7. The first-order valence-electron chi connectivity index (χ1n) is 6.24. The summed E-state index contributed by atoms with van der Waals surface area (Å²) in [5.41, 5.74) is 2.22. The van der Waals surface area contributed by atoms with Crippen LogP contribution in [0.1, 0.15) is 27.7 Å². The molecule has 0 spiro atoms. The van der Waals surface area contributed by atoms with Gasteiger partial charge in [-0.25, -0.2) is 4.98 Å². The van der Waals surface area contributed by atoms with Crippen LogP contribution in [-0.2, 0) is 9.31 Å². The predicted octanol–water partition coefficient (Wildman–Crippen LogP) is 3.17. The fourth-order valence-electron chi connectivity index (χ4n) is 1.97. The van der Waals surface area contributed by atoms with E-state index in [2.05, 4.69) is 44.1 Å². The van der Waals surface area contributed by atoms with Gasteiger partial charge in [0, 0.05) is 0 Å². The summed E-state index contributed by atoms with van der Waals surface area (Å²) in [6, 6.07) is 4.11. The van der Waals surface area contributed by atoms with Crippen molar-refractivity contribution >= 4 is 34.6 Å². The van der Waals surface area contributed by atoms with Gasteiger partial charge in [0.15, 0.2) is 0 Å². The molecule has 0 amide bonds. The lowest BCUT2D eigenvalue weighted by Crippen LogP contribution is -2.41. The maximum Gasteiger partial charge on any atom is 0.507 e. The Kier molecular flexibility index (Phi) is 3.09. The standard InChI is InChI=1S/C13H16BNO2S2/c1-12(2)13(3,4)17-14(16-12)11-10(15-8-19-11)9-6-5-7-18-9/h5-8H,1-4H3. The van der Waals surface area contributed by atoms with Gasteiger partial charge < -0.3 is 9.31 Å². The summed E-state index contributed by atoms with van der Waals surface area (Å²) in [4.78, 5) is 5.63. The minimum atomic E-state index is -0.324. The summed E-state index contributed by atoms with van der Waals surface area (Å²) in [5.74, 6) is 0. The molecule has 3 rings (SSSR count). The third kappa shape index (κ3) is 2.16. The van der Waals surface area contributed by atoms with Gasteiger partial charge in [-0.3, -0.25) is 0 Å². The molecular formula is C13H16BNO2S2. The number of thiophene rings is 1. The number of hydrogen-bond donors (Lipinski definition) is 0. The van der Waals surface area contributed by atoms with Crippen molar-refractivity contribution in [1.29, 1.82) is 0 Å². The highest BCUT2D eigenvalue weighted by atomic mass is 32.1. The Hall–Kier alpha value is -0.685. The van der Waals surface area contributed by atoms with Crippen molar-refractivity contribution in [3.05, 3.63) is 23.0 Å². The van der Waals surface area contributed by atoms with Crippen molar-refractivity contribution in [3.8, 4) is 10.6 Å². The topological polar surface area (TPSA) is 31.4 Å². The molecule has 1 aliphatic rings. The molecule has 100 valence electrons. The molecule has 0 atom stereocenters. The van der Waals surface area contributed by atoms with Gasteiger partial charge in [-0.1, -0.05) is 6.07 Å². The second-order valence-corrected chi connectivity index (χ2v) is 7.46. The predicted molar refractivity (Wildman–Crippen MR) is 81.1 cm³/mol. The third-order valence-corrected chi connectivity index (χ3v) is 5.54. The van der Waals surface area contributed by atoms with Crippen molar-refractivity contribution in [3.63, 3.8) is 0 Å². The van der Waals surface area contributed by atoms with Crippen molar-refractivity contribution in [2.24, 2.45) is 0 Å². The average molecular weight is 293 g/mol. The zero-order valence-electron chi connectivity index (χ0n) is 11.5. The Morgan fingerprint density at radius 3 is 2.37 bits per heavy atom. The van der Waals surface area contributed by atoms with Gasteiger partial charge in [0.2, 0.25) is 0 Å². The molecule has 6 heteroatoms. The SMILES string of the molecule is CC1(C)OB(c2scnc2-c2cccs2)OC1(C)C.